The number of rotatable bonds is 5. The predicted octanol–water partition coefficient (Wildman–Crippen LogP) is 2.45. The summed E-state index contributed by atoms with van der Waals surface area (Å²) in [7, 11) is 3.05. The second-order valence-electron chi connectivity index (χ2n) is 4.85. The Morgan fingerprint density at radius 1 is 1.45 bits per heavy atom. The zero-order valence-corrected chi connectivity index (χ0v) is 12.9. The van der Waals surface area contributed by atoms with Crippen molar-refractivity contribution in [3.63, 3.8) is 0 Å². The van der Waals surface area contributed by atoms with Gasteiger partial charge >= 0.3 is 5.97 Å². The lowest BCUT2D eigenvalue weighted by molar-refractivity contribution is -0.149. The highest BCUT2D eigenvalue weighted by Gasteiger charge is 2.38. The zero-order chi connectivity index (χ0) is 14.9. The first kappa shape index (κ1) is 14.8. The summed E-state index contributed by atoms with van der Waals surface area (Å²) >= 11 is 3.34. The van der Waals surface area contributed by atoms with Gasteiger partial charge < -0.3 is 14.7 Å². The molecule has 0 spiro atoms. The van der Waals surface area contributed by atoms with E-state index in [1.165, 1.54) is 19.1 Å². The third-order valence-electron chi connectivity index (χ3n) is 3.39. The molecule has 108 valence electrons. The van der Waals surface area contributed by atoms with Crippen LogP contribution in [0, 0.1) is 5.92 Å². The number of hydrogen-bond donors (Lipinski definition) is 1. The number of ether oxygens (including phenoxy) is 1. The number of carbonyl (C=O) groups excluding carboxylic acids is 1. The molecule has 1 aromatic rings. The molecule has 1 aliphatic rings. The van der Waals surface area contributed by atoms with Gasteiger partial charge in [-0.15, -0.1) is 0 Å². The molecule has 20 heavy (non-hydrogen) atoms. The minimum Gasteiger partial charge on any atom is -0.497 e. The van der Waals surface area contributed by atoms with Gasteiger partial charge in [0.05, 0.1) is 7.11 Å². The van der Waals surface area contributed by atoms with Gasteiger partial charge in [-0.1, -0.05) is 15.9 Å². The highest BCUT2D eigenvalue weighted by molar-refractivity contribution is 9.10. The average Bonchev–Trinajstić information content (AvgIpc) is 3.24. The number of methoxy groups -OCH3 is 1. The molecule has 1 saturated carbocycles. The van der Waals surface area contributed by atoms with Gasteiger partial charge in [0, 0.05) is 23.0 Å². The Morgan fingerprint density at radius 3 is 2.60 bits per heavy atom. The van der Waals surface area contributed by atoms with Gasteiger partial charge in [0.1, 0.15) is 5.75 Å². The van der Waals surface area contributed by atoms with Crippen LogP contribution in [0.1, 0.15) is 24.4 Å². The van der Waals surface area contributed by atoms with Gasteiger partial charge in [0.25, 0.3) is 0 Å². The molecular weight excluding hydrogens is 326 g/mol. The molecule has 1 fully saturated rings. The fourth-order valence-corrected chi connectivity index (χ4v) is 2.57. The van der Waals surface area contributed by atoms with Crippen molar-refractivity contribution in [2.45, 2.75) is 18.9 Å². The maximum Gasteiger partial charge on any atom is 0.331 e. The summed E-state index contributed by atoms with van der Waals surface area (Å²) in [5.74, 6) is -0.643. The number of halogens is 1. The van der Waals surface area contributed by atoms with Crippen LogP contribution in [-0.4, -0.2) is 36.0 Å². The fourth-order valence-electron chi connectivity index (χ4n) is 2.11. The van der Waals surface area contributed by atoms with E-state index in [1.54, 1.807) is 18.2 Å². The van der Waals surface area contributed by atoms with Crippen molar-refractivity contribution in [3.05, 3.63) is 28.2 Å². The van der Waals surface area contributed by atoms with Crippen LogP contribution in [0.4, 0.5) is 0 Å². The first-order chi connectivity index (χ1) is 9.45. The Bertz CT molecular complexity index is 542. The topological polar surface area (TPSA) is 66.8 Å². The molecule has 1 aliphatic carbocycles. The molecule has 1 atom stereocenters. The lowest BCUT2D eigenvalue weighted by Gasteiger charge is -2.26. The number of amides is 1. The van der Waals surface area contributed by atoms with Crippen molar-refractivity contribution in [1.82, 2.24) is 4.90 Å². The first-order valence-electron chi connectivity index (χ1n) is 6.28. The van der Waals surface area contributed by atoms with Crippen LogP contribution in [0.5, 0.6) is 5.75 Å². The Balaban J connectivity index is 2.37. The van der Waals surface area contributed by atoms with Crippen LogP contribution in [0.25, 0.3) is 0 Å². The highest BCUT2D eigenvalue weighted by atomic mass is 79.9. The Kier molecular flexibility index (Phi) is 4.32. The molecule has 1 amide bonds. The predicted molar refractivity (Wildman–Crippen MR) is 76.6 cm³/mol. The number of carboxylic acids is 1. The van der Waals surface area contributed by atoms with Gasteiger partial charge in [0.2, 0.25) is 5.91 Å². The maximum atomic E-state index is 12.1. The molecule has 5 nitrogen and oxygen atoms in total. The smallest absolute Gasteiger partial charge is 0.331 e. The normalized spacial score (nSPS) is 15.6. The molecule has 6 heteroatoms. The number of carbonyl (C=O) groups is 2. The van der Waals surface area contributed by atoms with Crippen molar-refractivity contribution < 1.29 is 19.4 Å². The molecule has 0 saturated heterocycles. The number of likely N-dealkylation sites (N-methyl/N-ethyl adjacent to an activating group) is 1. The van der Waals surface area contributed by atoms with Crippen LogP contribution >= 0.6 is 15.9 Å². The SMILES string of the molecule is COc1ccc(Br)c(C(C(=O)O)N(C)C(=O)C2CC2)c1. The van der Waals surface area contributed by atoms with E-state index >= 15 is 0 Å². The fraction of sp³-hybridized carbons (Fsp3) is 0.429. The van der Waals surface area contributed by atoms with Crippen LogP contribution in [0.15, 0.2) is 22.7 Å². The van der Waals surface area contributed by atoms with Crippen molar-refractivity contribution in [2.24, 2.45) is 5.92 Å². The molecule has 1 unspecified atom stereocenters. The van der Waals surface area contributed by atoms with Gasteiger partial charge in [-0.25, -0.2) is 4.79 Å². The van der Waals surface area contributed by atoms with E-state index in [2.05, 4.69) is 15.9 Å². The van der Waals surface area contributed by atoms with Crippen molar-refractivity contribution >= 4 is 27.8 Å². The Labute approximate surface area is 125 Å². The summed E-state index contributed by atoms with van der Waals surface area (Å²) in [4.78, 5) is 25.0. The third-order valence-corrected chi connectivity index (χ3v) is 4.12. The molecule has 0 bridgehead atoms. The quantitative estimate of drug-likeness (QED) is 0.893. The summed E-state index contributed by atoms with van der Waals surface area (Å²) < 4.78 is 5.76. The Morgan fingerprint density at radius 2 is 2.10 bits per heavy atom. The average molecular weight is 342 g/mol. The zero-order valence-electron chi connectivity index (χ0n) is 11.3. The molecule has 0 aliphatic heterocycles. The lowest BCUT2D eigenvalue weighted by Crippen LogP contribution is -2.37. The van der Waals surface area contributed by atoms with E-state index in [0.717, 1.165) is 12.8 Å². The standard InChI is InChI=1S/C14H16BrNO4/c1-16(13(17)8-3-4-8)12(14(18)19)10-7-9(20-2)5-6-11(10)15/h5-8,12H,3-4H2,1-2H3,(H,18,19). The summed E-state index contributed by atoms with van der Waals surface area (Å²) in [5, 5.41) is 9.48. The highest BCUT2D eigenvalue weighted by Crippen LogP contribution is 2.36. The second-order valence-corrected chi connectivity index (χ2v) is 5.71. The van der Waals surface area contributed by atoms with E-state index < -0.39 is 12.0 Å². The van der Waals surface area contributed by atoms with Gasteiger partial charge in [-0.05, 0) is 31.0 Å². The van der Waals surface area contributed by atoms with Gasteiger partial charge in [0.15, 0.2) is 6.04 Å². The molecular formula is C14H16BrNO4. The summed E-state index contributed by atoms with van der Waals surface area (Å²) in [6, 6.07) is 4.07. The summed E-state index contributed by atoms with van der Waals surface area (Å²) in [5.41, 5.74) is 0.508. The van der Waals surface area contributed by atoms with Gasteiger partial charge in [-0.3, -0.25) is 4.79 Å². The largest absolute Gasteiger partial charge is 0.497 e. The number of nitrogens with zero attached hydrogens (tertiary/aromatic N) is 1. The maximum absolute atomic E-state index is 12.1. The molecule has 2 rings (SSSR count). The molecule has 0 heterocycles. The number of benzene rings is 1. The monoisotopic (exact) mass is 341 g/mol. The third kappa shape index (κ3) is 2.95. The van der Waals surface area contributed by atoms with E-state index in [0.29, 0.717) is 15.8 Å². The Hall–Kier alpha value is -1.56. The minimum absolute atomic E-state index is 0.0220. The summed E-state index contributed by atoms with van der Waals surface area (Å²) in [6.07, 6.45) is 1.68. The van der Waals surface area contributed by atoms with Crippen LogP contribution in [-0.2, 0) is 9.59 Å². The minimum atomic E-state index is -1.06. The van der Waals surface area contributed by atoms with Crippen LogP contribution in [0.3, 0.4) is 0 Å². The van der Waals surface area contributed by atoms with E-state index in [1.807, 2.05) is 0 Å². The first-order valence-corrected chi connectivity index (χ1v) is 7.08. The van der Waals surface area contributed by atoms with Crippen LogP contribution in [0.2, 0.25) is 0 Å². The van der Waals surface area contributed by atoms with Crippen molar-refractivity contribution in [3.8, 4) is 5.75 Å². The number of hydrogen-bond acceptors (Lipinski definition) is 3. The molecule has 1 N–H and O–H groups in total. The van der Waals surface area contributed by atoms with E-state index in [-0.39, 0.29) is 11.8 Å². The number of carboxylic acid groups (broad SMARTS) is 1. The number of aliphatic carboxylic acids is 1. The van der Waals surface area contributed by atoms with E-state index in [9.17, 15) is 14.7 Å². The van der Waals surface area contributed by atoms with Crippen molar-refractivity contribution in [1.29, 1.82) is 0 Å². The van der Waals surface area contributed by atoms with E-state index in [4.69, 9.17) is 4.74 Å². The summed E-state index contributed by atoms with van der Waals surface area (Å²) in [6.45, 7) is 0. The lowest BCUT2D eigenvalue weighted by atomic mass is 10.0. The molecule has 1 aromatic carbocycles. The second kappa shape index (κ2) is 5.83. The molecule has 0 aromatic heterocycles. The van der Waals surface area contributed by atoms with Crippen molar-refractivity contribution in [2.75, 3.05) is 14.2 Å². The van der Waals surface area contributed by atoms with Crippen LogP contribution < -0.4 is 4.74 Å². The van der Waals surface area contributed by atoms with Gasteiger partial charge in [-0.2, -0.15) is 0 Å². The molecule has 0 radical (unpaired) electrons.